The van der Waals surface area contributed by atoms with E-state index in [2.05, 4.69) is 45.4 Å². The van der Waals surface area contributed by atoms with Gasteiger partial charge in [0.15, 0.2) is 29.5 Å². The highest BCUT2D eigenvalue weighted by Gasteiger charge is 2.53. The Hall–Kier alpha value is -5.93. The second-order valence-electron chi connectivity index (χ2n) is 15.6. The number of unbranched alkanes of at least 4 members (excludes halogenated alkanes) is 2. The zero-order valence-corrected chi connectivity index (χ0v) is 37.5. The summed E-state index contributed by atoms with van der Waals surface area (Å²) in [7, 11) is -17.4. The molecule has 1 saturated heterocycles. The lowest BCUT2D eigenvalue weighted by molar-refractivity contribution is -0.135. The SMILES string of the molecule is Nc1ncnc2c1c(C#CCNC(=O)CCCCCC(=O)c1ccc3c(c1)C1(OC3=O)c3ccc(O)cc3Cc3cc(O)ccc31)nn2C1OC(OP(=O)(O)OP(=O)(O)OP(=O)(O)O)C(O)C1O. The molecule has 0 radical (unpaired) electrons. The van der Waals surface area contributed by atoms with Crippen molar-refractivity contribution in [2.75, 3.05) is 12.3 Å². The number of benzene rings is 3. The first kappa shape index (κ1) is 48.5. The fourth-order valence-corrected chi connectivity index (χ4v) is 11.3. The molecule has 8 rings (SSSR count). The van der Waals surface area contributed by atoms with Crippen LogP contribution in [0.25, 0.3) is 11.0 Å². The average molecular weight is 1000 g/mol. The molecule has 6 unspecified atom stereocenters. The van der Waals surface area contributed by atoms with E-state index in [1.165, 1.54) is 12.1 Å². The molecule has 1 amide bonds. The standard InChI is InChI=1S/C40H39N6O19P3/c41-35-32-29(45-46(36(32)44-19-43-35)37-33(51)34(52)39(61-37)63-67(57,58)65-68(59,60)64-66(54,55)56)5-4-14-42-31(50)7-3-1-2-6-30(49)20-8-11-25-28(18-20)40(62-38(25)53)26-12-9-23(47)16-21(26)15-22-17-24(48)10-13-27(22)40/h8-13,16-19,33-34,37,39,47-48,51-52H,1-3,6-7,14-15H2,(H,42,50)(H,57,58)(H,59,60)(H2,41,43,44)(H2,54,55,56). The molecular weight excluding hydrogens is 961 g/mol. The van der Waals surface area contributed by atoms with E-state index in [0.717, 1.165) is 11.0 Å². The number of aliphatic hydroxyl groups is 2. The molecule has 358 valence electrons. The highest BCUT2D eigenvalue weighted by molar-refractivity contribution is 7.66. The van der Waals surface area contributed by atoms with Gasteiger partial charge >= 0.3 is 29.4 Å². The molecular formula is C40H39N6O19P3. The summed E-state index contributed by atoms with van der Waals surface area (Å²) < 4.78 is 59.3. The van der Waals surface area contributed by atoms with Crippen LogP contribution in [0.5, 0.6) is 11.5 Å². The van der Waals surface area contributed by atoms with Gasteiger partial charge < -0.3 is 60.5 Å². The van der Waals surface area contributed by atoms with Gasteiger partial charge in [0.25, 0.3) is 0 Å². The lowest BCUT2D eigenvalue weighted by Gasteiger charge is -2.37. The number of nitrogens with zero attached hydrogens (tertiary/aromatic N) is 4. The summed E-state index contributed by atoms with van der Waals surface area (Å²) in [5, 5.41) is 48.7. The van der Waals surface area contributed by atoms with Crippen molar-refractivity contribution in [3.05, 3.63) is 106 Å². The maximum absolute atomic E-state index is 13.5. The first-order chi connectivity index (χ1) is 32.1. The molecule has 0 bridgehead atoms. The van der Waals surface area contributed by atoms with Crippen LogP contribution < -0.4 is 11.1 Å². The highest BCUT2D eigenvalue weighted by atomic mass is 31.3. The summed E-state index contributed by atoms with van der Waals surface area (Å²) in [5.41, 5.74) is 8.20. The van der Waals surface area contributed by atoms with Gasteiger partial charge in [0.1, 0.15) is 41.5 Å². The van der Waals surface area contributed by atoms with Crippen LogP contribution in [0.3, 0.4) is 0 Å². The second kappa shape index (κ2) is 18.5. The number of phosphoric ester groups is 1. The number of phenolic OH excluding ortho intramolecular Hbond substituents is 2. The number of hydrogen-bond donors (Lipinski definition) is 10. The van der Waals surface area contributed by atoms with Gasteiger partial charge in [-0.15, -0.1) is 0 Å². The highest BCUT2D eigenvalue weighted by Crippen LogP contribution is 2.67. The van der Waals surface area contributed by atoms with Crippen LogP contribution in [-0.2, 0) is 53.1 Å². The van der Waals surface area contributed by atoms with Crippen LogP contribution in [0, 0.1) is 11.8 Å². The predicted molar refractivity (Wildman–Crippen MR) is 229 cm³/mol. The number of phosphoric acid groups is 3. The summed E-state index contributed by atoms with van der Waals surface area (Å²) in [6.45, 7) is -0.175. The van der Waals surface area contributed by atoms with Gasteiger partial charge in [-0.3, -0.25) is 14.1 Å². The van der Waals surface area contributed by atoms with E-state index in [0.29, 0.717) is 59.1 Å². The lowest BCUT2D eigenvalue weighted by Crippen LogP contribution is -2.35. The minimum absolute atomic E-state index is 0.0229. The Morgan fingerprint density at radius 3 is 2.22 bits per heavy atom. The topological polar surface area (TPSA) is 392 Å². The molecule has 11 N–H and O–H groups in total. The van der Waals surface area contributed by atoms with Gasteiger partial charge in [0, 0.05) is 35.1 Å². The van der Waals surface area contributed by atoms with E-state index in [-0.39, 0.29) is 70.7 Å². The summed E-state index contributed by atoms with van der Waals surface area (Å²) in [6.07, 6.45) is -5.17. The number of anilines is 1. The van der Waals surface area contributed by atoms with Crippen molar-refractivity contribution < 1.29 is 90.7 Å². The summed E-state index contributed by atoms with van der Waals surface area (Å²) in [4.78, 5) is 84.3. The van der Waals surface area contributed by atoms with Crippen molar-refractivity contribution in [2.45, 2.75) is 68.9 Å². The van der Waals surface area contributed by atoms with E-state index >= 15 is 0 Å². The number of ether oxygens (including phenoxy) is 2. The first-order valence-electron chi connectivity index (χ1n) is 20.2. The molecule has 3 aliphatic rings. The monoisotopic (exact) mass is 1000 g/mol. The lowest BCUT2D eigenvalue weighted by atomic mass is 9.70. The number of Topliss-reactive ketones (excluding diaryl/α,β-unsaturated/α-hetero) is 1. The number of carbonyl (C=O) groups excluding carboxylic acids is 3. The van der Waals surface area contributed by atoms with E-state index in [1.807, 2.05) is 0 Å². The molecule has 6 atom stereocenters. The fraction of sp³-hybridized carbons (Fsp3) is 0.300. The van der Waals surface area contributed by atoms with Crippen LogP contribution in [0.1, 0.15) is 92.6 Å². The number of esters is 1. The number of carbonyl (C=O) groups is 3. The Kier molecular flexibility index (Phi) is 13.2. The van der Waals surface area contributed by atoms with Crippen LogP contribution in [-0.4, -0.2) is 102 Å². The molecule has 25 nitrogen and oxygen atoms in total. The molecule has 68 heavy (non-hydrogen) atoms. The Morgan fingerprint density at radius 1 is 0.868 bits per heavy atom. The van der Waals surface area contributed by atoms with Gasteiger partial charge in [0.05, 0.1) is 17.5 Å². The summed E-state index contributed by atoms with van der Waals surface area (Å²) >= 11 is 0. The third-order valence-corrected chi connectivity index (χ3v) is 14.8. The number of rotatable bonds is 15. The van der Waals surface area contributed by atoms with E-state index < -0.39 is 59.8 Å². The zero-order valence-electron chi connectivity index (χ0n) is 34.8. The normalized spacial score (nSPS) is 20.9. The number of ketones is 1. The summed E-state index contributed by atoms with van der Waals surface area (Å²) in [6, 6.07) is 14.3. The molecule has 2 aliphatic heterocycles. The molecule has 3 aromatic carbocycles. The zero-order chi connectivity index (χ0) is 48.9. The molecule has 5 aromatic rings. The summed E-state index contributed by atoms with van der Waals surface area (Å²) in [5.74, 6) is 4.17. The Bertz CT molecular complexity index is 3040. The van der Waals surface area contributed by atoms with E-state index in [9.17, 15) is 58.3 Å². The first-order valence-corrected chi connectivity index (χ1v) is 24.7. The van der Waals surface area contributed by atoms with Crippen LogP contribution in [0.2, 0.25) is 0 Å². The Balaban J connectivity index is 0.857. The van der Waals surface area contributed by atoms with Crippen LogP contribution >= 0.6 is 23.5 Å². The minimum Gasteiger partial charge on any atom is -0.508 e. The molecule has 2 aromatic heterocycles. The van der Waals surface area contributed by atoms with Gasteiger partial charge in [-0.25, -0.2) is 33.1 Å². The van der Waals surface area contributed by atoms with Crippen LogP contribution in [0.4, 0.5) is 5.82 Å². The molecule has 1 fully saturated rings. The maximum atomic E-state index is 13.5. The van der Waals surface area contributed by atoms with E-state index in [1.54, 1.807) is 42.5 Å². The number of aliphatic hydroxyl groups excluding tert-OH is 2. The molecule has 0 saturated carbocycles. The minimum atomic E-state index is -5.92. The number of nitrogens with one attached hydrogen (secondary N) is 1. The van der Waals surface area contributed by atoms with Crippen molar-refractivity contribution in [3.63, 3.8) is 0 Å². The van der Waals surface area contributed by atoms with Crippen molar-refractivity contribution in [1.29, 1.82) is 0 Å². The smallest absolute Gasteiger partial charge is 0.490 e. The molecule has 1 spiro atoms. The number of amides is 1. The largest absolute Gasteiger partial charge is 0.508 e. The van der Waals surface area contributed by atoms with Gasteiger partial charge in [-0.2, -0.15) is 13.7 Å². The number of aromatic nitrogens is 4. The predicted octanol–water partition coefficient (Wildman–Crippen LogP) is 2.41. The maximum Gasteiger partial charge on any atom is 0.490 e. The number of aromatic hydroxyl groups is 2. The Morgan fingerprint density at radius 2 is 1.54 bits per heavy atom. The van der Waals surface area contributed by atoms with Crippen molar-refractivity contribution in [2.24, 2.45) is 0 Å². The number of hydrogen-bond acceptors (Lipinski definition) is 19. The van der Waals surface area contributed by atoms with Gasteiger partial charge in [-0.1, -0.05) is 30.5 Å². The number of nitrogen functional groups attached to an aromatic ring is 1. The molecule has 1 aliphatic carbocycles. The number of nitrogens with two attached hydrogens (primary N) is 1. The third-order valence-electron chi connectivity index (χ3n) is 11.0. The second-order valence-corrected chi connectivity index (χ2v) is 19.9. The quantitative estimate of drug-likeness (QED) is 0.0237. The number of fused-ring (bicyclic) bond motifs is 7. The number of phenols is 2. The average Bonchev–Trinajstić information content (AvgIpc) is 3.85. The third kappa shape index (κ3) is 9.82. The molecule has 28 heteroatoms. The van der Waals surface area contributed by atoms with Gasteiger partial charge in [0.2, 0.25) is 5.91 Å². The van der Waals surface area contributed by atoms with Crippen molar-refractivity contribution in [3.8, 4) is 23.3 Å². The van der Waals surface area contributed by atoms with Crippen molar-refractivity contribution in [1.82, 2.24) is 25.1 Å². The van der Waals surface area contributed by atoms with Crippen molar-refractivity contribution >= 4 is 58.0 Å². The van der Waals surface area contributed by atoms with E-state index in [4.69, 9.17) is 25.0 Å². The molecule has 4 heterocycles. The fourth-order valence-electron chi connectivity index (χ4n) is 8.19. The Labute approximate surface area is 382 Å². The van der Waals surface area contributed by atoms with Crippen LogP contribution in [0.15, 0.2) is 60.9 Å². The van der Waals surface area contributed by atoms with Gasteiger partial charge in [-0.05, 0) is 72.7 Å².